The summed E-state index contributed by atoms with van der Waals surface area (Å²) in [6, 6.07) is 17.9. The molecule has 0 fully saturated rings. The molecule has 0 saturated carbocycles. The van der Waals surface area contributed by atoms with E-state index in [1.807, 2.05) is 28.8 Å². The summed E-state index contributed by atoms with van der Waals surface area (Å²) in [5.74, 6) is 0.107. The lowest BCUT2D eigenvalue weighted by atomic mass is 10.2. The molecule has 0 aliphatic heterocycles. The van der Waals surface area contributed by atoms with Crippen LogP contribution < -0.4 is 10.5 Å². The topological polar surface area (TPSA) is 116 Å². The van der Waals surface area contributed by atoms with Gasteiger partial charge in [0.1, 0.15) is 22.0 Å². The molecule has 5 rings (SSSR count). The van der Waals surface area contributed by atoms with Gasteiger partial charge in [0.2, 0.25) is 10.0 Å². The minimum absolute atomic E-state index is 0.00473. The Labute approximate surface area is 208 Å². The van der Waals surface area contributed by atoms with Gasteiger partial charge in [-0.3, -0.25) is 4.57 Å². The molecule has 11 heteroatoms. The van der Waals surface area contributed by atoms with Crippen LogP contribution in [0.15, 0.2) is 88.5 Å². The molecule has 0 amide bonds. The summed E-state index contributed by atoms with van der Waals surface area (Å²) in [4.78, 5) is 13.1. The Balaban J connectivity index is 1.49. The van der Waals surface area contributed by atoms with Crippen molar-refractivity contribution in [3.63, 3.8) is 0 Å². The normalized spacial score (nSPS) is 11.7. The Bertz CT molecular complexity index is 1660. The molecule has 5 aromatic rings. The number of nitrogens with zero attached hydrogens (tertiary/aromatic N) is 4. The SMILES string of the molecule is Nc1ncccc1-c1nc2cc(Br)cnc2n1-c1ccc(CNS(=O)(=O)c2ccccc2F)cc1. The van der Waals surface area contributed by atoms with Crippen LogP contribution in [0.2, 0.25) is 0 Å². The second-order valence-corrected chi connectivity index (χ2v) is 10.3. The van der Waals surface area contributed by atoms with Crippen LogP contribution in [0.25, 0.3) is 28.2 Å². The molecular weight excluding hydrogens is 535 g/mol. The van der Waals surface area contributed by atoms with Gasteiger partial charge in [0.05, 0.1) is 5.56 Å². The van der Waals surface area contributed by atoms with Gasteiger partial charge in [0, 0.05) is 29.1 Å². The number of pyridine rings is 2. The van der Waals surface area contributed by atoms with Crippen LogP contribution in [0.1, 0.15) is 5.56 Å². The van der Waals surface area contributed by atoms with Crippen LogP contribution in [0.3, 0.4) is 0 Å². The van der Waals surface area contributed by atoms with Gasteiger partial charge in [-0.15, -0.1) is 0 Å². The Morgan fingerprint density at radius 3 is 2.54 bits per heavy atom. The van der Waals surface area contributed by atoms with E-state index in [9.17, 15) is 12.8 Å². The van der Waals surface area contributed by atoms with Crippen molar-refractivity contribution in [2.75, 3.05) is 5.73 Å². The third-order valence-electron chi connectivity index (χ3n) is 5.33. The quantitative estimate of drug-likeness (QED) is 0.321. The molecule has 3 aromatic heterocycles. The predicted octanol–water partition coefficient (Wildman–Crippen LogP) is 4.44. The van der Waals surface area contributed by atoms with Crippen LogP contribution in [0.4, 0.5) is 10.2 Å². The maximum atomic E-state index is 13.9. The van der Waals surface area contributed by atoms with Crippen LogP contribution in [0.5, 0.6) is 0 Å². The Kier molecular flexibility index (Phi) is 6.05. The summed E-state index contributed by atoms with van der Waals surface area (Å²) in [5, 5.41) is 0. The molecule has 0 unspecified atom stereocenters. The van der Waals surface area contributed by atoms with Crippen LogP contribution in [0, 0.1) is 5.82 Å². The van der Waals surface area contributed by atoms with E-state index in [2.05, 4.69) is 30.6 Å². The zero-order chi connectivity index (χ0) is 24.6. The van der Waals surface area contributed by atoms with Crippen molar-refractivity contribution >= 4 is 42.9 Å². The van der Waals surface area contributed by atoms with Gasteiger partial charge in [0.25, 0.3) is 0 Å². The zero-order valence-corrected chi connectivity index (χ0v) is 20.5. The maximum Gasteiger partial charge on any atom is 0.243 e. The molecule has 176 valence electrons. The number of nitrogens with one attached hydrogen (secondary N) is 1. The highest BCUT2D eigenvalue weighted by Gasteiger charge is 2.19. The first-order valence-electron chi connectivity index (χ1n) is 10.4. The van der Waals surface area contributed by atoms with Crippen LogP contribution >= 0.6 is 15.9 Å². The largest absolute Gasteiger partial charge is 0.383 e. The first kappa shape index (κ1) is 23.1. The highest BCUT2D eigenvalue weighted by atomic mass is 79.9. The summed E-state index contributed by atoms with van der Waals surface area (Å²) in [6.07, 6.45) is 3.29. The highest BCUT2D eigenvalue weighted by Crippen LogP contribution is 2.31. The van der Waals surface area contributed by atoms with E-state index in [0.29, 0.717) is 33.9 Å². The van der Waals surface area contributed by atoms with Crippen LogP contribution in [-0.2, 0) is 16.6 Å². The lowest BCUT2D eigenvalue weighted by Gasteiger charge is -2.12. The molecule has 0 aliphatic rings. The first-order valence-corrected chi connectivity index (χ1v) is 12.7. The van der Waals surface area contributed by atoms with E-state index in [-0.39, 0.29) is 6.54 Å². The van der Waals surface area contributed by atoms with Crippen molar-refractivity contribution < 1.29 is 12.8 Å². The van der Waals surface area contributed by atoms with E-state index in [1.165, 1.54) is 18.2 Å². The number of nitrogen functional groups attached to an aromatic ring is 1. The summed E-state index contributed by atoms with van der Waals surface area (Å²) in [6.45, 7) is -0.00473. The number of aromatic nitrogens is 4. The van der Waals surface area contributed by atoms with Crippen LogP contribution in [-0.4, -0.2) is 27.9 Å². The van der Waals surface area contributed by atoms with Crippen molar-refractivity contribution in [2.45, 2.75) is 11.4 Å². The molecule has 0 bridgehead atoms. The van der Waals surface area contributed by atoms with E-state index in [1.54, 1.807) is 30.6 Å². The number of fused-ring (bicyclic) bond motifs is 1. The minimum Gasteiger partial charge on any atom is -0.383 e. The van der Waals surface area contributed by atoms with Gasteiger partial charge in [0.15, 0.2) is 11.5 Å². The molecule has 8 nitrogen and oxygen atoms in total. The van der Waals surface area contributed by atoms with Crippen molar-refractivity contribution in [1.29, 1.82) is 0 Å². The summed E-state index contributed by atoms with van der Waals surface area (Å²) in [7, 11) is -4.00. The summed E-state index contributed by atoms with van der Waals surface area (Å²) in [5.41, 5.74) is 9.52. The molecule has 2 aromatic carbocycles. The van der Waals surface area contributed by atoms with Gasteiger partial charge in [-0.1, -0.05) is 24.3 Å². The maximum absolute atomic E-state index is 13.9. The van der Waals surface area contributed by atoms with Gasteiger partial charge in [-0.2, -0.15) is 0 Å². The number of sulfonamides is 1. The van der Waals surface area contributed by atoms with Gasteiger partial charge in [-0.25, -0.2) is 32.5 Å². The second kappa shape index (κ2) is 9.17. The Hall–Kier alpha value is -3.67. The highest BCUT2D eigenvalue weighted by molar-refractivity contribution is 9.10. The smallest absolute Gasteiger partial charge is 0.243 e. The zero-order valence-electron chi connectivity index (χ0n) is 18.1. The molecule has 0 atom stereocenters. The lowest BCUT2D eigenvalue weighted by molar-refractivity contribution is 0.557. The van der Waals surface area contributed by atoms with Gasteiger partial charge in [-0.05, 0) is 64.0 Å². The number of imidazole rings is 1. The van der Waals surface area contributed by atoms with Crippen molar-refractivity contribution in [3.8, 4) is 17.1 Å². The minimum atomic E-state index is -4.00. The number of rotatable bonds is 6. The number of halogens is 2. The fourth-order valence-corrected chi connectivity index (χ4v) is 5.07. The standard InChI is InChI=1S/C24H18BrFN6O2S/c25-16-12-20-24(29-14-16)32(23(31-20)18-4-3-11-28-22(18)27)17-9-7-15(8-10-17)13-30-35(33,34)21-6-2-1-5-19(21)26/h1-12,14,30H,13H2,(H2,27,28). The monoisotopic (exact) mass is 552 g/mol. The van der Waals surface area contributed by atoms with E-state index >= 15 is 0 Å². The number of benzene rings is 2. The molecule has 0 saturated heterocycles. The van der Waals surface area contributed by atoms with Crippen molar-refractivity contribution in [1.82, 2.24) is 24.2 Å². The third-order valence-corrected chi connectivity index (χ3v) is 7.20. The molecule has 0 radical (unpaired) electrons. The fraction of sp³-hybridized carbons (Fsp3) is 0.0417. The number of hydrogen-bond donors (Lipinski definition) is 2. The summed E-state index contributed by atoms with van der Waals surface area (Å²) < 4.78 is 44.0. The van der Waals surface area contributed by atoms with E-state index < -0.39 is 20.7 Å². The number of hydrogen-bond acceptors (Lipinski definition) is 6. The lowest BCUT2D eigenvalue weighted by Crippen LogP contribution is -2.24. The number of anilines is 1. The van der Waals surface area contributed by atoms with Crippen molar-refractivity contribution in [3.05, 3.63) is 95.0 Å². The first-order chi connectivity index (χ1) is 16.8. The predicted molar refractivity (Wildman–Crippen MR) is 135 cm³/mol. The average Bonchev–Trinajstić information content (AvgIpc) is 3.22. The summed E-state index contributed by atoms with van der Waals surface area (Å²) >= 11 is 3.43. The Morgan fingerprint density at radius 1 is 1.03 bits per heavy atom. The van der Waals surface area contributed by atoms with Crippen molar-refractivity contribution in [2.24, 2.45) is 0 Å². The molecule has 35 heavy (non-hydrogen) atoms. The molecule has 3 N–H and O–H groups in total. The molecule has 0 spiro atoms. The second-order valence-electron chi connectivity index (χ2n) is 7.62. The molecular formula is C24H18BrFN6O2S. The Morgan fingerprint density at radius 2 is 1.80 bits per heavy atom. The fourth-order valence-electron chi connectivity index (χ4n) is 3.65. The van der Waals surface area contributed by atoms with E-state index in [0.717, 1.165) is 16.2 Å². The van der Waals surface area contributed by atoms with Gasteiger partial charge >= 0.3 is 0 Å². The molecule has 0 aliphatic carbocycles. The molecule has 3 heterocycles. The number of nitrogens with two attached hydrogens (primary N) is 1. The third kappa shape index (κ3) is 4.53. The van der Waals surface area contributed by atoms with E-state index in [4.69, 9.17) is 10.7 Å². The average molecular weight is 553 g/mol. The van der Waals surface area contributed by atoms with Gasteiger partial charge < -0.3 is 5.73 Å².